The Bertz CT molecular complexity index is 865. The molecule has 2 aliphatic rings. The Morgan fingerprint density at radius 3 is 2.40 bits per heavy atom. The van der Waals surface area contributed by atoms with Crippen molar-refractivity contribution in [1.29, 1.82) is 0 Å². The van der Waals surface area contributed by atoms with E-state index in [-0.39, 0.29) is 17.8 Å². The summed E-state index contributed by atoms with van der Waals surface area (Å²) in [6, 6.07) is 8.05. The molecular formula is C17H20N6O2. The monoisotopic (exact) mass is 340 g/mol. The van der Waals surface area contributed by atoms with Crippen molar-refractivity contribution in [2.75, 3.05) is 18.8 Å². The molecule has 1 saturated carbocycles. The first-order valence-electron chi connectivity index (χ1n) is 8.21. The molecule has 8 heteroatoms. The Morgan fingerprint density at radius 1 is 1.16 bits per heavy atom. The SMILES string of the molecule is Nc1ccn(-c2ccc(C(N)C(=O)N3CC4C(N)C4C3)cc2)c(=O)n1. The lowest BCUT2D eigenvalue weighted by atomic mass is 10.1. The standard InChI is InChI=1S/C17H20N6O2/c18-13-5-6-23(17(25)21-13)10-3-1-9(2-4-10)14(19)16(24)22-7-11-12(8-22)15(11)20/h1-6,11-12,14-15H,7-8,19-20H2,(H2,18,21,25). The molecule has 2 heterocycles. The van der Waals surface area contributed by atoms with E-state index in [1.54, 1.807) is 41.4 Å². The summed E-state index contributed by atoms with van der Waals surface area (Å²) in [6.45, 7) is 1.39. The topological polar surface area (TPSA) is 133 Å². The zero-order chi connectivity index (χ0) is 17.7. The van der Waals surface area contributed by atoms with E-state index in [1.165, 1.54) is 4.57 Å². The van der Waals surface area contributed by atoms with Crippen molar-refractivity contribution in [2.24, 2.45) is 23.3 Å². The maximum absolute atomic E-state index is 12.5. The normalized spacial score (nSPS) is 25.5. The number of hydrogen-bond donors (Lipinski definition) is 3. The van der Waals surface area contributed by atoms with Crippen LogP contribution < -0.4 is 22.9 Å². The van der Waals surface area contributed by atoms with E-state index < -0.39 is 11.7 Å². The quantitative estimate of drug-likeness (QED) is 0.672. The van der Waals surface area contributed by atoms with Crippen molar-refractivity contribution in [3.63, 3.8) is 0 Å². The molecule has 3 atom stereocenters. The van der Waals surface area contributed by atoms with E-state index >= 15 is 0 Å². The number of carbonyl (C=O) groups is 1. The van der Waals surface area contributed by atoms with Crippen LogP contribution in [-0.2, 0) is 4.79 Å². The summed E-state index contributed by atoms with van der Waals surface area (Å²) in [5, 5.41) is 0. The number of anilines is 1. The molecule has 2 fully saturated rings. The van der Waals surface area contributed by atoms with Gasteiger partial charge >= 0.3 is 5.69 Å². The largest absolute Gasteiger partial charge is 0.383 e. The number of fused-ring (bicyclic) bond motifs is 1. The fourth-order valence-electron chi connectivity index (χ4n) is 3.55. The third-order valence-corrected chi connectivity index (χ3v) is 5.19. The Balaban J connectivity index is 1.50. The fourth-order valence-corrected chi connectivity index (χ4v) is 3.55. The highest BCUT2D eigenvalue weighted by molar-refractivity contribution is 5.83. The molecule has 0 bridgehead atoms. The number of nitrogens with zero attached hydrogens (tertiary/aromatic N) is 3. The Kier molecular flexibility index (Phi) is 3.59. The third-order valence-electron chi connectivity index (χ3n) is 5.19. The molecule has 6 N–H and O–H groups in total. The van der Waals surface area contributed by atoms with Crippen molar-refractivity contribution in [3.05, 3.63) is 52.6 Å². The van der Waals surface area contributed by atoms with Crippen molar-refractivity contribution < 1.29 is 4.79 Å². The van der Waals surface area contributed by atoms with E-state index in [2.05, 4.69) is 4.98 Å². The molecule has 1 saturated heterocycles. The van der Waals surface area contributed by atoms with Crippen molar-refractivity contribution in [3.8, 4) is 5.69 Å². The van der Waals surface area contributed by atoms with Gasteiger partial charge in [0, 0.05) is 25.3 Å². The second-order valence-corrected chi connectivity index (χ2v) is 6.72. The van der Waals surface area contributed by atoms with Crippen LogP contribution in [0.5, 0.6) is 0 Å². The molecule has 25 heavy (non-hydrogen) atoms. The predicted molar refractivity (Wildman–Crippen MR) is 92.7 cm³/mol. The van der Waals surface area contributed by atoms with E-state index in [4.69, 9.17) is 17.2 Å². The van der Waals surface area contributed by atoms with Gasteiger partial charge in [-0.2, -0.15) is 4.98 Å². The van der Waals surface area contributed by atoms with Crippen LogP contribution in [0.1, 0.15) is 11.6 Å². The highest BCUT2D eigenvalue weighted by atomic mass is 16.2. The first-order chi connectivity index (χ1) is 12.0. The molecule has 1 aliphatic heterocycles. The molecule has 4 rings (SSSR count). The van der Waals surface area contributed by atoms with Crippen molar-refractivity contribution in [2.45, 2.75) is 12.1 Å². The Labute approximate surface area is 144 Å². The van der Waals surface area contributed by atoms with E-state index in [1.807, 2.05) is 0 Å². The van der Waals surface area contributed by atoms with E-state index in [0.717, 1.165) is 0 Å². The predicted octanol–water partition coefficient (Wildman–Crippen LogP) is -0.770. The molecular weight excluding hydrogens is 320 g/mol. The maximum Gasteiger partial charge on any atom is 0.354 e. The first kappa shape index (κ1) is 15.8. The number of piperidine rings is 1. The number of likely N-dealkylation sites (tertiary alicyclic amines) is 1. The first-order valence-corrected chi connectivity index (χ1v) is 8.21. The van der Waals surface area contributed by atoms with Crippen LogP contribution in [0, 0.1) is 11.8 Å². The minimum Gasteiger partial charge on any atom is -0.383 e. The van der Waals surface area contributed by atoms with Gasteiger partial charge < -0.3 is 22.1 Å². The van der Waals surface area contributed by atoms with Gasteiger partial charge in [-0.05, 0) is 35.6 Å². The average molecular weight is 340 g/mol. The number of nitrogens with two attached hydrogens (primary N) is 3. The van der Waals surface area contributed by atoms with E-state index in [0.29, 0.717) is 36.2 Å². The van der Waals surface area contributed by atoms with Gasteiger partial charge in [-0.25, -0.2) is 4.79 Å². The van der Waals surface area contributed by atoms with Crippen LogP contribution in [0.2, 0.25) is 0 Å². The zero-order valence-corrected chi connectivity index (χ0v) is 13.6. The molecule has 1 amide bonds. The molecule has 3 unspecified atom stereocenters. The summed E-state index contributed by atoms with van der Waals surface area (Å²) in [5.74, 6) is 0.958. The smallest absolute Gasteiger partial charge is 0.354 e. The minimum atomic E-state index is -0.718. The molecule has 2 aromatic rings. The summed E-state index contributed by atoms with van der Waals surface area (Å²) < 4.78 is 1.38. The molecule has 0 spiro atoms. The van der Waals surface area contributed by atoms with Crippen LogP contribution in [-0.4, -0.2) is 39.5 Å². The van der Waals surface area contributed by atoms with Gasteiger partial charge in [0.1, 0.15) is 11.9 Å². The Hall–Kier alpha value is -2.71. The van der Waals surface area contributed by atoms with Gasteiger partial charge in [-0.1, -0.05) is 12.1 Å². The van der Waals surface area contributed by atoms with Gasteiger partial charge in [0.15, 0.2) is 0 Å². The number of benzene rings is 1. The van der Waals surface area contributed by atoms with Gasteiger partial charge in [-0.15, -0.1) is 0 Å². The second-order valence-electron chi connectivity index (χ2n) is 6.72. The van der Waals surface area contributed by atoms with Crippen LogP contribution in [0.15, 0.2) is 41.3 Å². The third kappa shape index (κ3) is 2.69. The lowest BCUT2D eigenvalue weighted by Gasteiger charge is -2.23. The van der Waals surface area contributed by atoms with Gasteiger partial charge in [0.25, 0.3) is 0 Å². The number of aromatic nitrogens is 2. The maximum atomic E-state index is 12.5. The summed E-state index contributed by atoms with van der Waals surface area (Å²) in [6.07, 6.45) is 1.56. The number of hydrogen-bond acceptors (Lipinski definition) is 6. The van der Waals surface area contributed by atoms with E-state index in [9.17, 15) is 9.59 Å². The average Bonchev–Trinajstić information content (AvgIpc) is 3.02. The number of carbonyl (C=O) groups excluding carboxylic acids is 1. The fraction of sp³-hybridized carbons (Fsp3) is 0.353. The molecule has 1 aliphatic carbocycles. The van der Waals surface area contributed by atoms with Crippen LogP contribution in [0.3, 0.4) is 0 Å². The summed E-state index contributed by atoms with van der Waals surface area (Å²) in [4.78, 5) is 29.9. The molecule has 0 radical (unpaired) electrons. The van der Waals surface area contributed by atoms with Gasteiger partial charge in [-0.3, -0.25) is 9.36 Å². The molecule has 8 nitrogen and oxygen atoms in total. The Morgan fingerprint density at radius 2 is 1.80 bits per heavy atom. The zero-order valence-electron chi connectivity index (χ0n) is 13.6. The lowest BCUT2D eigenvalue weighted by Crippen LogP contribution is -2.40. The van der Waals surface area contributed by atoms with Crippen molar-refractivity contribution >= 4 is 11.7 Å². The number of rotatable bonds is 3. The number of amides is 1. The van der Waals surface area contributed by atoms with Crippen LogP contribution in [0.25, 0.3) is 5.69 Å². The minimum absolute atomic E-state index is 0.0848. The van der Waals surface area contributed by atoms with Crippen LogP contribution >= 0.6 is 0 Å². The molecule has 130 valence electrons. The second kappa shape index (κ2) is 5.68. The highest BCUT2D eigenvalue weighted by Crippen LogP contribution is 2.44. The summed E-state index contributed by atoms with van der Waals surface area (Å²) >= 11 is 0. The highest BCUT2D eigenvalue weighted by Gasteiger charge is 2.54. The lowest BCUT2D eigenvalue weighted by molar-refractivity contribution is -0.132. The summed E-state index contributed by atoms with van der Waals surface area (Å²) in [7, 11) is 0. The summed E-state index contributed by atoms with van der Waals surface area (Å²) in [5.41, 5.74) is 18.4. The van der Waals surface area contributed by atoms with Gasteiger partial charge in [0.2, 0.25) is 5.91 Å². The van der Waals surface area contributed by atoms with Gasteiger partial charge in [0.05, 0.1) is 5.69 Å². The number of nitrogen functional groups attached to an aromatic ring is 1. The van der Waals surface area contributed by atoms with Crippen molar-refractivity contribution in [1.82, 2.24) is 14.5 Å². The molecule has 1 aromatic carbocycles. The molecule has 1 aromatic heterocycles. The van der Waals surface area contributed by atoms with Crippen LogP contribution in [0.4, 0.5) is 5.82 Å².